The zero-order chi connectivity index (χ0) is 19.7. The van der Waals surface area contributed by atoms with Gasteiger partial charge in [0.15, 0.2) is 0 Å². The lowest BCUT2D eigenvalue weighted by atomic mass is 10.1. The summed E-state index contributed by atoms with van der Waals surface area (Å²) in [6.07, 6.45) is 4.16. The second-order valence-corrected chi connectivity index (χ2v) is 7.87. The highest BCUT2D eigenvalue weighted by molar-refractivity contribution is 7.22. The van der Waals surface area contributed by atoms with Crippen LogP contribution in [0.15, 0.2) is 64.4 Å². The summed E-state index contributed by atoms with van der Waals surface area (Å²) >= 11 is 1.46. The molecule has 0 saturated carbocycles. The zero-order valence-electron chi connectivity index (χ0n) is 15.9. The van der Waals surface area contributed by atoms with Gasteiger partial charge in [0.05, 0.1) is 12.1 Å². The van der Waals surface area contributed by atoms with Gasteiger partial charge < -0.3 is 0 Å². The predicted octanol–water partition coefficient (Wildman–Crippen LogP) is 4.05. The number of aryl methyl sites for hydroxylation is 1. The molecule has 6 heteroatoms. The predicted molar refractivity (Wildman–Crippen MR) is 114 cm³/mol. The quantitative estimate of drug-likeness (QED) is 0.516. The standard InChI is InChI=1S/C22H21N3O2S/c1-3-12-24-21(26)20-18(13-19(28-20)17-7-5-4-6-15(17)2)25(22(24)27)14-16-8-10-23-11-9-16/h4-11,13H,3,12,14H2,1-2H3. The molecule has 3 aromatic heterocycles. The minimum absolute atomic E-state index is 0.197. The fourth-order valence-electron chi connectivity index (χ4n) is 3.42. The Morgan fingerprint density at radius 3 is 2.50 bits per heavy atom. The van der Waals surface area contributed by atoms with E-state index in [2.05, 4.69) is 24.0 Å². The molecule has 0 fully saturated rings. The van der Waals surface area contributed by atoms with Crippen molar-refractivity contribution in [2.24, 2.45) is 0 Å². The van der Waals surface area contributed by atoms with Gasteiger partial charge in [-0.3, -0.25) is 18.9 Å². The van der Waals surface area contributed by atoms with E-state index in [0.717, 1.165) is 28.0 Å². The number of rotatable bonds is 5. The van der Waals surface area contributed by atoms with Gasteiger partial charge in [0.2, 0.25) is 0 Å². The highest BCUT2D eigenvalue weighted by atomic mass is 32.1. The van der Waals surface area contributed by atoms with Crippen molar-refractivity contribution in [1.29, 1.82) is 0 Å². The topological polar surface area (TPSA) is 56.9 Å². The highest BCUT2D eigenvalue weighted by Crippen LogP contribution is 2.33. The minimum atomic E-state index is -0.259. The number of fused-ring (bicyclic) bond motifs is 1. The smallest absolute Gasteiger partial charge is 0.288 e. The Morgan fingerprint density at radius 1 is 1.04 bits per heavy atom. The second-order valence-electron chi connectivity index (χ2n) is 6.82. The van der Waals surface area contributed by atoms with Gasteiger partial charge in [0.1, 0.15) is 4.70 Å². The van der Waals surface area contributed by atoms with Gasteiger partial charge in [-0.2, -0.15) is 0 Å². The molecule has 0 aliphatic rings. The summed E-state index contributed by atoms with van der Waals surface area (Å²) in [5.41, 5.74) is 3.45. The molecule has 142 valence electrons. The third-order valence-electron chi connectivity index (χ3n) is 4.85. The van der Waals surface area contributed by atoms with Gasteiger partial charge in [-0.05, 0) is 48.2 Å². The number of benzene rings is 1. The van der Waals surface area contributed by atoms with Gasteiger partial charge in [0.25, 0.3) is 5.56 Å². The maximum Gasteiger partial charge on any atom is 0.331 e. The number of hydrogen-bond donors (Lipinski definition) is 0. The Balaban J connectivity index is 1.99. The first-order valence-electron chi connectivity index (χ1n) is 9.32. The lowest BCUT2D eigenvalue weighted by molar-refractivity contribution is 0.582. The Kier molecular flexibility index (Phi) is 4.96. The van der Waals surface area contributed by atoms with Crippen molar-refractivity contribution >= 4 is 21.6 Å². The van der Waals surface area contributed by atoms with E-state index in [9.17, 15) is 9.59 Å². The molecule has 0 spiro atoms. The van der Waals surface area contributed by atoms with Crippen LogP contribution in [-0.2, 0) is 13.1 Å². The number of hydrogen-bond acceptors (Lipinski definition) is 4. The van der Waals surface area contributed by atoms with E-state index in [1.165, 1.54) is 15.9 Å². The van der Waals surface area contributed by atoms with Gasteiger partial charge in [-0.25, -0.2) is 4.79 Å². The van der Waals surface area contributed by atoms with E-state index in [1.54, 1.807) is 17.0 Å². The van der Waals surface area contributed by atoms with Crippen molar-refractivity contribution in [2.45, 2.75) is 33.4 Å². The second kappa shape index (κ2) is 7.56. The molecule has 0 bridgehead atoms. The molecule has 4 aromatic rings. The summed E-state index contributed by atoms with van der Waals surface area (Å²) < 4.78 is 3.70. The van der Waals surface area contributed by atoms with Crippen LogP contribution >= 0.6 is 11.3 Å². The van der Waals surface area contributed by atoms with Crippen molar-refractivity contribution in [2.75, 3.05) is 0 Å². The number of aromatic nitrogens is 3. The fourth-order valence-corrected chi connectivity index (χ4v) is 4.62. The van der Waals surface area contributed by atoms with Gasteiger partial charge >= 0.3 is 5.69 Å². The molecular formula is C22H21N3O2S. The van der Waals surface area contributed by atoms with Crippen molar-refractivity contribution in [3.8, 4) is 10.4 Å². The van der Waals surface area contributed by atoms with E-state index in [-0.39, 0.29) is 11.2 Å². The lowest BCUT2D eigenvalue weighted by Gasteiger charge is -2.11. The number of nitrogens with zero attached hydrogens (tertiary/aromatic N) is 3. The molecule has 1 aromatic carbocycles. The number of pyridine rings is 1. The van der Waals surface area contributed by atoms with Crippen molar-refractivity contribution in [1.82, 2.24) is 14.1 Å². The Labute approximate surface area is 166 Å². The molecular weight excluding hydrogens is 370 g/mol. The van der Waals surface area contributed by atoms with Crippen LogP contribution in [0.3, 0.4) is 0 Å². The van der Waals surface area contributed by atoms with Crippen LogP contribution in [0.2, 0.25) is 0 Å². The molecule has 0 saturated heterocycles. The van der Waals surface area contributed by atoms with Crippen molar-refractivity contribution in [3.05, 3.63) is 86.8 Å². The Bertz CT molecular complexity index is 1250. The summed E-state index contributed by atoms with van der Waals surface area (Å²) in [6.45, 7) is 4.85. The summed E-state index contributed by atoms with van der Waals surface area (Å²) in [7, 11) is 0. The van der Waals surface area contributed by atoms with Gasteiger partial charge in [0, 0.05) is 23.8 Å². The summed E-state index contributed by atoms with van der Waals surface area (Å²) in [6, 6.07) is 13.9. The maximum absolute atomic E-state index is 13.1. The minimum Gasteiger partial charge on any atom is -0.288 e. The molecule has 3 heterocycles. The first-order valence-corrected chi connectivity index (χ1v) is 10.1. The molecule has 0 aliphatic carbocycles. The molecule has 0 unspecified atom stereocenters. The molecule has 0 radical (unpaired) electrons. The molecule has 28 heavy (non-hydrogen) atoms. The first kappa shape index (κ1) is 18.4. The van der Waals surface area contributed by atoms with Crippen molar-refractivity contribution < 1.29 is 0 Å². The summed E-state index contributed by atoms with van der Waals surface area (Å²) in [4.78, 5) is 31.2. The molecule has 5 nitrogen and oxygen atoms in total. The lowest BCUT2D eigenvalue weighted by Crippen LogP contribution is -2.39. The van der Waals surface area contributed by atoms with Crippen LogP contribution < -0.4 is 11.2 Å². The molecule has 0 atom stereocenters. The zero-order valence-corrected chi connectivity index (χ0v) is 16.7. The van der Waals surface area contributed by atoms with Crippen LogP contribution in [0.4, 0.5) is 0 Å². The Morgan fingerprint density at radius 2 is 1.79 bits per heavy atom. The molecule has 0 N–H and O–H groups in total. The van der Waals surface area contributed by atoms with E-state index >= 15 is 0 Å². The van der Waals surface area contributed by atoms with Gasteiger partial charge in [-0.15, -0.1) is 11.3 Å². The summed E-state index contributed by atoms with van der Waals surface area (Å²) in [5, 5.41) is 0. The number of thiophene rings is 1. The Hall–Kier alpha value is -2.99. The molecule has 0 amide bonds. The third-order valence-corrected chi connectivity index (χ3v) is 6.00. The van der Waals surface area contributed by atoms with E-state index in [0.29, 0.717) is 23.3 Å². The first-order chi connectivity index (χ1) is 13.6. The molecule has 4 rings (SSSR count). The monoisotopic (exact) mass is 391 g/mol. The van der Waals surface area contributed by atoms with Crippen LogP contribution in [0.1, 0.15) is 24.5 Å². The van der Waals surface area contributed by atoms with E-state index < -0.39 is 0 Å². The average molecular weight is 391 g/mol. The van der Waals surface area contributed by atoms with Crippen LogP contribution in [0.5, 0.6) is 0 Å². The van der Waals surface area contributed by atoms with Crippen LogP contribution in [-0.4, -0.2) is 14.1 Å². The van der Waals surface area contributed by atoms with Gasteiger partial charge in [-0.1, -0.05) is 31.2 Å². The third kappa shape index (κ3) is 3.20. The largest absolute Gasteiger partial charge is 0.331 e. The van der Waals surface area contributed by atoms with Crippen LogP contribution in [0, 0.1) is 6.92 Å². The molecule has 0 aliphatic heterocycles. The van der Waals surface area contributed by atoms with Crippen molar-refractivity contribution in [3.63, 3.8) is 0 Å². The maximum atomic E-state index is 13.1. The summed E-state index contributed by atoms with van der Waals surface area (Å²) in [5.74, 6) is 0. The van der Waals surface area contributed by atoms with E-state index in [4.69, 9.17) is 0 Å². The fraction of sp³-hybridized carbons (Fsp3) is 0.227. The van der Waals surface area contributed by atoms with Crippen LogP contribution in [0.25, 0.3) is 20.7 Å². The van der Waals surface area contributed by atoms with E-state index in [1.807, 2.05) is 37.3 Å². The highest BCUT2D eigenvalue weighted by Gasteiger charge is 2.17. The normalized spacial score (nSPS) is 11.2. The average Bonchev–Trinajstić information content (AvgIpc) is 3.15. The SMILES string of the molecule is CCCn1c(=O)c2sc(-c3ccccc3C)cc2n(Cc2ccncc2)c1=O.